The van der Waals surface area contributed by atoms with E-state index in [0.29, 0.717) is 0 Å². The molecule has 0 bridgehead atoms. The number of nitrogens with zero attached hydrogens (tertiary/aromatic N) is 1. The predicted molar refractivity (Wildman–Crippen MR) is 97.4 cm³/mol. The minimum atomic E-state index is -4.90. The maximum absolute atomic E-state index is 14.3. The van der Waals surface area contributed by atoms with E-state index in [4.69, 9.17) is 9.81 Å². The summed E-state index contributed by atoms with van der Waals surface area (Å²) in [5.74, 6) is -7.65. The molecule has 162 valence electrons. The monoisotopic (exact) mass is 475 g/mol. The van der Waals surface area contributed by atoms with E-state index in [1.807, 2.05) is 0 Å². The molecular formula is C18H9F4NO6S2. The van der Waals surface area contributed by atoms with Crippen molar-refractivity contribution in [3.05, 3.63) is 70.3 Å². The summed E-state index contributed by atoms with van der Waals surface area (Å²) >= 11 is 0. The average molecular weight is 475 g/mol. The summed E-state index contributed by atoms with van der Waals surface area (Å²) in [6, 6.07) is 5.39. The Hall–Kier alpha value is -3.05. The van der Waals surface area contributed by atoms with Crippen LogP contribution in [0.4, 0.5) is 17.6 Å². The van der Waals surface area contributed by atoms with E-state index in [0.717, 1.165) is 36.4 Å². The maximum Gasteiger partial charge on any atom is 0.294 e. The van der Waals surface area contributed by atoms with Gasteiger partial charge in [0.05, 0.1) is 9.79 Å². The van der Waals surface area contributed by atoms with Gasteiger partial charge in [-0.2, -0.15) is 22.1 Å². The molecule has 13 heteroatoms. The molecule has 0 atom stereocenters. The van der Waals surface area contributed by atoms with Crippen LogP contribution < -0.4 is 0 Å². The molecule has 3 aromatic carbocycles. The van der Waals surface area contributed by atoms with Crippen molar-refractivity contribution >= 4 is 31.0 Å². The molecule has 3 aromatic rings. The fourth-order valence-electron chi connectivity index (χ4n) is 2.97. The van der Waals surface area contributed by atoms with Gasteiger partial charge in [-0.1, -0.05) is 6.07 Å². The molecule has 0 aliphatic heterocycles. The van der Waals surface area contributed by atoms with Crippen LogP contribution in [0.25, 0.3) is 10.8 Å². The highest BCUT2D eigenvalue weighted by molar-refractivity contribution is 7.86. The summed E-state index contributed by atoms with van der Waals surface area (Å²) in [6.45, 7) is 0. The van der Waals surface area contributed by atoms with Gasteiger partial charge >= 0.3 is 0 Å². The summed E-state index contributed by atoms with van der Waals surface area (Å²) in [5, 5.41) is 8.48. The third-order valence-corrected chi connectivity index (χ3v) is 6.09. The second kappa shape index (κ2) is 7.57. The molecule has 0 aliphatic rings. The van der Waals surface area contributed by atoms with E-state index in [2.05, 4.69) is 0 Å². The Kier molecular flexibility index (Phi) is 5.53. The minimum Gasteiger partial charge on any atom is -0.282 e. The quantitative estimate of drug-likeness (QED) is 0.336. The zero-order valence-corrected chi connectivity index (χ0v) is 16.5. The number of benzene rings is 3. The number of nitriles is 1. The van der Waals surface area contributed by atoms with E-state index in [1.165, 1.54) is 0 Å². The van der Waals surface area contributed by atoms with Crippen molar-refractivity contribution in [2.75, 3.05) is 0 Å². The normalized spacial score (nSPS) is 12.2. The van der Waals surface area contributed by atoms with Crippen molar-refractivity contribution in [3.8, 4) is 6.07 Å². The van der Waals surface area contributed by atoms with Gasteiger partial charge in [0, 0.05) is 12.0 Å². The second-order valence-corrected chi connectivity index (χ2v) is 9.16. The van der Waals surface area contributed by atoms with E-state index in [-0.39, 0.29) is 16.3 Å². The molecule has 7 nitrogen and oxygen atoms in total. The fraction of sp³-hybridized carbons (Fsp3) is 0.0556. The first-order valence-corrected chi connectivity index (χ1v) is 10.9. The van der Waals surface area contributed by atoms with Crippen LogP contribution in [-0.2, 0) is 26.7 Å². The number of halogens is 4. The summed E-state index contributed by atoms with van der Waals surface area (Å²) in [5.41, 5.74) is -2.90. The van der Waals surface area contributed by atoms with Crippen molar-refractivity contribution in [2.24, 2.45) is 0 Å². The van der Waals surface area contributed by atoms with Crippen LogP contribution in [0.2, 0.25) is 0 Å². The predicted octanol–water partition coefficient (Wildman–Crippen LogP) is 3.35. The van der Waals surface area contributed by atoms with Crippen molar-refractivity contribution in [2.45, 2.75) is 16.2 Å². The van der Waals surface area contributed by atoms with Gasteiger partial charge in [-0.25, -0.2) is 17.6 Å². The lowest BCUT2D eigenvalue weighted by Gasteiger charge is -2.13. The first kappa shape index (κ1) is 22.6. The number of rotatable bonds is 4. The van der Waals surface area contributed by atoms with Crippen LogP contribution in [-0.4, -0.2) is 25.9 Å². The first-order valence-electron chi connectivity index (χ1n) is 8.02. The summed E-state index contributed by atoms with van der Waals surface area (Å²) in [7, 11) is -9.60. The zero-order chi connectivity index (χ0) is 23.3. The first-order chi connectivity index (χ1) is 14.3. The third kappa shape index (κ3) is 4.10. The molecule has 0 aromatic heterocycles. The smallest absolute Gasteiger partial charge is 0.282 e. The molecule has 0 saturated heterocycles. The lowest BCUT2D eigenvalue weighted by molar-refractivity contribution is 0.438. The summed E-state index contributed by atoms with van der Waals surface area (Å²) in [4.78, 5) is -1.45. The van der Waals surface area contributed by atoms with Crippen molar-refractivity contribution in [1.82, 2.24) is 0 Å². The van der Waals surface area contributed by atoms with Gasteiger partial charge in [-0.15, -0.1) is 0 Å². The van der Waals surface area contributed by atoms with Gasteiger partial charge < -0.3 is 0 Å². The van der Waals surface area contributed by atoms with Gasteiger partial charge in [0.25, 0.3) is 20.2 Å². The molecule has 3 rings (SSSR count). The van der Waals surface area contributed by atoms with Crippen molar-refractivity contribution in [3.63, 3.8) is 0 Å². The second-order valence-electron chi connectivity index (χ2n) is 6.31. The van der Waals surface area contributed by atoms with E-state index >= 15 is 0 Å². The van der Waals surface area contributed by atoms with E-state index in [9.17, 15) is 39.0 Å². The lowest BCUT2D eigenvalue weighted by atomic mass is 9.96. The molecule has 0 amide bonds. The Bertz CT molecular complexity index is 1480. The van der Waals surface area contributed by atoms with Crippen molar-refractivity contribution in [1.29, 1.82) is 5.26 Å². The SMILES string of the molecule is N#Cc1c(F)c(F)c(Cc2cc(S(=O)(=O)O)cc3cc(S(=O)(=O)O)ccc23)c(F)c1F. The molecule has 0 heterocycles. The molecule has 0 radical (unpaired) electrons. The van der Waals surface area contributed by atoms with Crippen LogP contribution in [0.1, 0.15) is 16.7 Å². The average Bonchev–Trinajstić information content (AvgIpc) is 2.68. The minimum absolute atomic E-state index is 0.00350. The number of hydrogen-bond donors (Lipinski definition) is 2. The topological polar surface area (TPSA) is 133 Å². The van der Waals surface area contributed by atoms with Gasteiger partial charge in [-0.3, -0.25) is 9.11 Å². The van der Waals surface area contributed by atoms with Crippen LogP contribution in [0.5, 0.6) is 0 Å². The third-order valence-electron chi connectivity index (χ3n) is 4.41. The molecule has 31 heavy (non-hydrogen) atoms. The fourth-order valence-corrected chi connectivity index (χ4v) is 4.06. The Morgan fingerprint density at radius 1 is 0.806 bits per heavy atom. The molecule has 0 unspecified atom stereocenters. The zero-order valence-electron chi connectivity index (χ0n) is 14.9. The lowest BCUT2D eigenvalue weighted by Crippen LogP contribution is -2.08. The van der Waals surface area contributed by atoms with Crippen LogP contribution in [0.3, 0.4) is 0 Å². The highest BCUT2D eigenvalue weighted by Gasteiger charge is 2.26. The molecule has 0 spiro atoms. The maximum atomic E-state index is 14.3. The number of fused-ring (bicyclic) bond motifs is 1. The van der Waals surface area contributed by atoms with Gasteiger partial charge in [-0.05, 0) is 40.6 Å². The van der Waals surface area contributed by atoms with Gasteiger partial charge in [0.15, 0.2) is 23.3 Å². The van der Waals surface area contributed by atoms with E-state index < -0.39 is 70.8 Å². The summed E-state index contributed by atoms with van der Waals surface area (Å²) < 4.78 is 121. The van der Waals surface area contributed by atoms with Crippen molar-refractivity contribution < 1.29 is 43.5 Å². The van der Waals surface area contributed by atoms with Gasteiger partial charge in [0.2, 0.25) is 0 Å². The van der Waals surface area contributed by atoms with Crippen LogP contribution in [0, 0.1) is 34.6 Å². The highest BCUT2D eigenvalue weighted by atomic mass is 32.2. The molecule has 2 N–H and O–H groups in total. The Morgan fingerprint density at radius 2 is 1.32 bits per heavy atom. The van der Waals surface area contributed by atoms with E-state index in [1.54, 1.807) is 0 Å². The standard InChI is InChI=1S/C18H9F4NO6S2/c19-15-13(16(20)18(22)14(7-23)17(15)21)6-9-5-11(31(27,28)29)4-8-3-10(30(24,25)26)1-2-12(8)9/h1-5H,6H2,(H,24,25,26)(H,27,28,29). The Morgan fingerprint density at radius 3 is 1.81 bits per heavy atom. The van der Waals surface area contributed by atoms with Crippen LogP contribution in [0.15, 0.2) is 40.1 Å². The van der Waals surface area contributed by atoms with Crippen LogP contribution >= 0.6 is 0 Å². The highest BCUT2D eigenvalue weighted by Crippen LogP contribution is 2.31. The number of hydrogen-bond acceptors (Lipinski definition) is 5. The molecular weight excluding hydrogens is 466 g/mol. The molecule has 0 fully saturated rings. The molecule has 0 saturated carbocycles. The largest absolute Gasteiger partial charge is 0.294 e. The molecule has 0 aliphatic carbocycles. The van der Waals surface area contributed by atoms with Gasteiger partial charge in [0.1, 0.15) is 11.6 Å². The Labute approximate surface area is 172 Å². The summed E-state index contributed by atoms with van der Waals surface area (Å²) in [6.07, 6.45) is -0.928. The Balaban J connectivity index is 2.34.